The van der Waals surface area contributed by atoms with Gasteiger partial charge in [0.05, 0.1) is 7.11 Å². The first-order valence-corrected chi connectivity index (χ1v) is 7.69. The Hall–Kier alpha value is -0.660. The van der Waals surface area contributed by atoms with E-state index in [0.717, 1.165) is 19.4 Å². The summed E-state index contributed by atoms with van der Waals surface area (Å²) < 4.78 is 30.0. The fraction of sp³-hybridized carbons (Fsp3) is 0.909. The summed E-state index contributed by atoms with van der Waals surface area (Å²) in [4.78, 5) is 10.9. The van der Waals surface area contributed by atoms with Gasteiger partial charge in [0.2, 0.25) is 10.0 Å². The molecule has 0 aliphatic carbocycles. The lowest BCUT2D eigenvalue weighted by atomic mass is 9.78. The van der Waals surface area contributed by atoms with E-state index in [1.807, 2.05) is 0 Å². The van der Waals surface area contributed by atoms with Gasteiger partial charge in [-0.3, -0.25) is 4.79 Å². The van der Waals surface area contributed by atoms with E-state index in [-0.39, 0.29) is 11.5 Å². The van der Waals surface area contributed by atoms with Crippen LogP contribution in [0.1, 0.15) is 26.7 Å². The Labute approximate surface area is 109 Å². The molecule has 106 valence electrons. The molecule has 1 saturated heterocycles. The second kappa shape index (κ2) is 5.99. The molecule has 1 fully saturated rings. The van der Waals surface area contributed by atoms with Gasteiger partial charge >= 0.3 is 5.97 Å². The summed E-state index contributed by atoms with van der Waals surface area (Å²) in [7, 11) is -2.44. The SMILES string of the molecule is COC(=O)CS(=O)(=O)NCC1NCCCC1(C)C. The molecule has 2 N–H and O–H groups in total. The van der Waals surface area contributed by atoms with Crippen molar-refractivity contribution in [2.45, 2.75) is 32.7 Å². The Morgan fingerprint density at radius 1 is 1.50 bits per heavy atom. The molecule has 1 atom stereocenters. The van der Waals surface area contributed by atoms with Gasteiger partial charge in [-0.25, -0.2) is 13.1 Å². The number of carbonyl (C=O) groups excluding carboxylic acids is 1. The largest absolute Gasteiger partial charge is 0.468 e. The molecule has 0 amide bonds. The fourth-order valence-electron chi connectivity index (χ4n) is 2.09. The fourth-order valence-corrected chi connectivity index (χ4v) is 3.05. The van der Waals surface area contributed by atoms with Crippen molar-refractivity contribution in [3.05, 3.63) is 0 Å². The van der Waals surface area contributed by atoms with Gasteiger partial charge in [0.1, 0.15) is 0 Å². The average molecular weight is 278 g/mol. The molecule has 0 aromatic carbocycles. The number of hydrogen-bond acceptors (Lipinski definition) is 5. The average Bonchev–Trinajstić information content (AvgIpc) is 2.26. The lowest BCUT2D eigenvalue weighted by Crippen LogP contribution is -2.53. The third kappa shape index (κ3) is 4.55. The van der Waals surface area contributed by atoms with E-state index >= 15 is 0 Å². The van der Waals surface area contributed by atoms with Crippen LogP contribution in [0.15, 0.2) is 0 Å². The van der Waals surface area contributed by atoms with Crippen molar-refractivity contribution in [3.8, 4) is 0 Å². The normalized spacial score (nSPS) is 23.6. The molecule has 6 nitrogen and oxygen atoms in total. The first-order chi connectivity index (χ1) is 8.27. The maximum atomic E-state index is 11.6. The number of carbonyl (C=O) groups is 1. The Bertz CT molecular complexity index is 392. The molecule has 0 aromatic heterocycles. The smallest absolute Gasteiger partial charge is 0.322 e. The van der Waals surface area contributed by atoms with Crippen molar-refractivity contribution in [1.82, 2.24) is 10.0 Å². The zero-order chi connectivity index (χ0) is 13.8. The van der Waals surface area contributed by atoms with Crippen molar-refractivity contribution in [1.29, 1.82) is 0 Å². The Morgan fingerprint density at radius 3 is 2.72 bits per heavy atom. The number of hydrogen-bond donors (Lipinski definition) is 2. The highest BCUT2D eigenvalue weighted by Crippen LogP contribution is 2.29. The van der Waals surface area contributed by atoms with E-state index in [4.69, 9.17) is 0 Å². The van der Waals surface area contributed by atoms with Gasteiger partial charge in [-0.05, 0) is 24.8 Å². The predicted molar refractivity (Wildman–Crippen MR) is 68.6 cm³/mol. The topological polar surface area (TPSA) is 84.5 Å². The minimum Gasteiger partial charge on any atom is -0.468 e. The molecule has 0 saturated carbocycles. The molecule has 7 heteroatoms. The number of nitrogens with one attached hydrogen (secondary N) is 2. The van der Waals surface area contributed by atoms with E-state index in [2.05, 4.69) is 28.6 Å². The molecule has 1 aliphatic rings. The van der Waals surface area contributed by atoms with E-state index in [0.29, 0.717) is 6.54 Å². The minimum atomic E-state index is -3.61. The van der Waals surface area contributed by atoms with E-state index < -0.39 is 21.7 Å². The van der Waals surface area contributed by atoms with Crippen LogP contribution < -0.4 is 10.0 Å². The lowest BCUT2D eigenvalue weighted by molar-refractivity contribution is -0.137. The van der Waals surface area contributed by atoms with Crippen molar-refractivity contribution in [3.63, 3.8) is 0 Å². The van der Waals surface area contributed by atoms with Crippen LogP contribution >= 0.6 is 0 Å². The number of methoxy groups -OCH3 is 1. The van der Waals surface area contributed by atoms with E-state index in [1.54, 1.807) is 0 Å². The third-order valence-corrected chi connectivity index (χ3v) is 4.60. The minimum absolute atomic E-state index is 0.0477. The highest BCUT2D eigenvalue weighted by Gasteiger charge is 2.32. The molecule has 1 heterocycles. The summed E-state index contributed by atoms with van der Waals surface area (Å²) in [6, 6.07) is 0.0821. The predicted octanol–water partition coefficient (Wildman–Crippen LogP) is -0.143. The molecular weight excluding hydrogens is 256 g/mol. The first kappa shape index (κ1) is 15.4. The molecular formula is C11H22N2O4S. The van der Waals surface area contributed by atoms with E-state index in [9.17, 15) is 13.2 Å². The highest BCUT2D eigenvalue weighted by molar-refractivity contribution is 7.90. The Morgan fingerprint density at radius 2 is 2.17 bits per heavy atom. The summed E-state index contributed by atoms with van der Waals surface area (Å²) in [6.45, 7) is 5.41. The van der Waals surface area contributed by atoms with Crippen LogP contribution in [0.2, 0.25) is 0 Å². The van der Waals surface area contributed by atoms with Crippen LogP contribution in [0.25, 0.3) is 0 Å². The van der Waals surface area contributed by atoms with Crippen molar-refractivity contribution < 1.29 is 17.9 Å². The zero-order valence-corrected chi connectivity index (χ0v) is 12.0. The number of sulfonamides is 1. The molecule has 0 bridgehead atoms. The highest BCUT2D eigenvalue weighted by atomic mass is 32.2. The zero-order valence-electron chi connectivity index (χ0n) is 11.2. The molecule has 1 rings (SSSR count). The van der Waals surface area contributed by atoms with Gasteiger partial charge < -0.3 is 10.1 Å². The summed E-state index contributed by atoms with van der Waals surface area (Å²) in [5, 5.41) is 3.31. The third-order valence-electron chi connectivity index (χ3n) is 3.37. The second-order valence-corrected chi connectivity index (χ2v) is 7.09. The summed E-state index contributed by atoms with van der Waals surface area (Å²) in [6.07, 6.45) is 2.15. The summed E-state index contributed by atoms with van der Waals surface area (Å²) in [5.41, 5.74) is 0.0477. The van der Waals surface area contributed by atoms with Crippen LogP contribution in [-0.2, 0) is 19.6 Å². The van der Waals surface area contributed by atoms with Crippen LogP contribution in [0.4, 0.5) is 0 Å². The van der Waals surface area contributed by atoms with Gasteiger partial charge in [-0.1, -0.05) is 13.8 Å². The molecule has 1 unspecified atom stereocenters. The molecule has 0 aromatic rings. The summed E-state index contributed by atoms with van der Waals surface area (Å²) in [5.74, 6) is -1.38. The number of piperidine rings is 1. The maximum absolute atomic E-state index is 11.6. The number of esters is 1. The van der Waals surface area contributed by atoms with Gasteiger partial charge in [0.25, 0.3) is 0 Å². The quantitative estimate of drug-likeness (QED) is 0.684. The second-order valence-electron chi connectivity index (χ2n) is 5.28. The van der Waals surface area contributed by atoms with Crippen molar-refractivity contribution in [2.24, 2.45) is 5.41 Å². The maximum Gasteiger partial charge on any atom is 0.322 e. The molecule has 18 heavy (non-hydrogen) atoms. The van der Waals surface area contributed by atoms with Crippen LogP contribution in [0, 0.1) is 5.41 Å². The van der Waals surface area contributed by atoms with Gasteiger partial charge in [-0.2, -0.15) is 0 Å². The standard InChI is InChI=1S/C11H22N2O4S/c1-11(2)5-4-6-12-9(11)7-13-18(15,16)8-10(14)17-3/h9,12-13H,4-8H2,1-3H3. The van der Waals surface area contributed by atoms with Crippen molar-refractivity contribution in [2.75, 3.05) is 26.0 Å². The number of rotatable bonds is 5. The molecule has 0 radical (unpaired) electrons. The van der Waals surface area contributed by atoms with Crippen LogP contribution in [0.3, 0.4) is 0 Å². The van der Waals surface area contributed by atoms with E-state index in [1.165, 1.54) is 7.11 Å². The van der Waals surface area contributed by atoms with Crippen molar-refractivity contribution >= 4 is 16.0 Å². The van der Waals surface area contributed by atoms with Crippen LogP contribution in [0.5, 0.6) is 0 Å². The van der Waals surface area contributed by atoms with Gasteiger partial charge in [0, 0.05) is 12.6 Å². The summed E-state index contributed by atoms with van der Waals surface area (Å²) >= 11 is 0. The van der Waals surface area contributed by atoms with Gasteiger partial charge in [-0.15, -0.1) is 0 Å². The number of ether oxygens (including phenoxy) is 1. The van der Waals surface area contributed by atoms with Crippen LogP contribution in [-0.4, -0.2) is 46.4 Å². The Balaban J connectivity index is 2.51. The first-order valence-electron chi connectivity index (χ1n) is 6.04. The van der Waals surface area contributed by atoms with Gasteiger partial charge in [0.15, 0.2) is 5.75 Å². The molecule has 1 aliphatic heterocycles. The lowest BCUT2D eigenvalue weighted by Gasteiger charge is -2.39. The monoisotopic (exact) mass is 278 g/mol. The Kier molecular flexibility index (Phi) is 5.12. The molecule has 0 spiro atoms.